The molecular formula is C11H20BrNO3. The number of nitrogens with zero attached hydrogens (tertiary/aromatic N) is 1. The van der Waals surface area contributed by atoms with Crippen LogP contribution >= 0.6 is 15.9 Å². The fourth-order valence-electron chi connectivity index (χ4n) is 1.70. The van der Waals surface area contributed by atoms with E-state index < -0.39 is 11.2 Å². The number of piperidine rings is 1. The summed E-state index contributed by atoms with van der Waals surface area (Å²) in [5.41, 5.74) is -1.30. The molecule has 4 nitrogen and oxygen atoms in total. The van der Waals surface area contributed by atoms with Crippen LogP contribution in [-0.4, -0.2) is 45.7 Å². The lowest BCUT2D eigenvalue weighted by molar-refractivity contribution is -0.0296. The van der Waals surface area contributed by atoms with E-state index in [9.17, 15) is 9.90 Å². The Morgan fingerprint density at radius 2 is 2.19 bits per heavy atom. The van der Waals surface area contributed by atoms with Crippen LogP contribution in [-0.2, 0) is 4.74 Å². The highest BCUT2D eigenvalue weighted by atomic mass is 79.9. The summed E-state index contributed by atoms with van der Waals surface area (Å²) in [5, 5.41) is 10.6. The van der Waals surface area contributed by atoms with Crippen LogP contribution in [0.5, 0.6) is 0 Å². The van der Waals surface area contributed by atoms with E-state index in [0.29, 0.717) is 18.4 Å². The summed E-state index contributed by atoms with van der Waals surface area (Å²) >= 11 is 3.28. The summed E-state index contributed by atoms with van der Waals surface area (Å²) in [7, 11) is 0. The van der Waals surface area contributed by atoms with Crippen LogP contribution in [0.2, 0.25) is 0 Å². The average Bonchev–Trinajstić information content (AvgIpc) is 2.15. The number of alkyl halides is 1. The predicted octanol–water partition coefficient (Wildman–Crippen LogP) is 2.14. The lowest BCUT2D eigenvalue weighted by atomic mass is 9.95. The van der Waals surface area contributed by atoms with Gasteiger partial charge in [-0.25, -0.2) is 4.79 Å². The van der Waals surface area contributed by atoms with Gasteiger partial charge in [0.15, 0.2) is 0 Å². The second-order valence-electron chi connectivity index (χ2n) is 5.36. The Kier molecular flexibility index (Phi) is 4.23. The summed E-state index contributed by atoms with van der Waals surface area (Å²) < 4.78 is 5.28. The van der Waals surface area contributed by atoms with Crippen molar-refractivity contribution < 1.29 is 14.6 Å². The van der Waals surface area contributed by atoms with Crippen LogP contribution in [0.1, 0.15) is 33.6 Å². The average molecular weight is 294 g/mol. The normalized spacial score (nSPS) is 26.7. The zero-order chi connectivity index (χ0) is 12.4. The van der Waals surface area contributed by atoms with Crippen molar-refractivity contribution in [2.45, 2.75) is 44.8 Å². The van der Waals surface area contributed by atoms with E-state index >= 15 is 0 Å². The van der Waals surface area contributed by atoms with Gasteiger partial charge >= 0.3 is 6.09 Å². The molecule has 1 atom stereocenters. The largest absolute Gasteiger partial charge is 0.444 e. The van der Waals surface area contributed by atoms with E-state index in [0.717, 1.165) is 12.8 Å². The van der Waals surface area contributed by atoms with Crippen LogP contribution in [0, 0.1) is 0 Å². The van der Waals surface area contributed by atoms with E-state index in [1.54, 1.807) is 4.90 Å². The molecule has 0 aliphatic carbocycles. The van der Waals surface area contributed by atoms with E-state index in [1.165, 1.54) is 0 Å². The molecule has 0 aromatic rings. The summed E-state index contributed by atoms with van der Waals surface area (Å²) in [6, 6.07) is 0. The van der Waals surface area contributed by atoms with Crippen LogP contribution < -0.4 is 0 Å². The molecule has 1 saturated heterocycles. The molecule has 1 aliphatic heterocycles. The second kappa shape index (κ2) is 4.92. The second-order valence-corrected chi connectivity index (χ2v) is 5.92. The minimum Gasteiger partial charge on any atom is -0.444 e. The molecule has 1 aliphatic rings. The molecule has 1 fully saturated rings. The molecule has 1 rings (SSSR count). The quantitative estimate of drug-likeness (QED) is 0.754. The van der Waals surface area contributed by atoms with Crippen molar-refractivity contribution in [3.63, 3.8) is 0 Å². The first kappa shape index (κ1) is 13.8. The van der Waals surface area contributed by atoms with E-state index in [1.807, 2.05) is 20.8 Å². The lowest BCUT2D eigenvalue weighted by Crippen LogP contribution is -2.52. The van der Waals surface area contributed by atoms with E-state index in [2.05, 4.69) is 15.9 Å². The highest BCUT2D eigenvalue weighted by Gasteiger charge is 2.35. The third kappa shape index (κ3) is 3.94. The SMILES string of the molecule is CC(C)(C)OC(=O)N1CCCC(O)(CBr)C1. The molecular weight excluding hydrogens is 274 g/mol. The number of rotatable bonds is 1. The van der Waals surface area contributed by atoms with Gasteiger partial charge in [0.1, 0.15) is 5.60 Å². The molecule has 1 amide bonds. The fraction of sp³-hybridized carbons (Fsp3) is 0.909. The van der Waals surface area contributed by atoms with Gasteiger partial charge in [-0.1, -0.05) is 15.9 Å². The predicted molar refractivity (Wildman–Crippen MR) is 65.8 cm³/mol. The van der Waals surface area contributed by atoms with Gasteiger partial charge in [-0.05, 0) is 33.6 Å². The highest BCUT2D eigenvalue weighted by molar-refractivity contribution is 9.09. The Morgan fingerprint density at radius 1 is 1.56 bits per heavy atom. The van der Waals surface area contributed by atoms with Gasteiger partial charge < -0.3 is 14.7 Å². The van der Waals surface area contributed by atoms with Crippen LogP contribution in [0.4, 0.5) is 4.79 Å². The summed E-state index contributed by atoms with van der Waals surface area (Å²) in [6.07, 6.45) is 1.19. The molecule has 16 heavy (non-hydrogen) atoms. The van der Waals surface area contributed by atoms with Crippen molar-refractivity contribution in [2.75, 3.05) is 18.4 Å². The number of halogens is 1. The van der Waals surface area contributed by atoms with Gasteiger partial charge in [0.2, 0.25) is 0 Å². The number of likely N-dealkylation sites (tertiary alicyclic amines) is 1. The number of aliphatic hydroxyl groups is 1. The highest BCUT2D eigenvalue weighted by Crippen LogP contribution is 2.24. The molecule has 1 N–H and O–H groups in total. The number of hydrogen-bond donors (Lipinski definition) is 1. The maximum absolute atomic E-state index is 11.8. The number of carbonyl (C=O) groups excluding carboxylic acids is 1. The standard InChI is InChI=1S/C11H20BrNO3/c1-10(2,3)16-9(14)13-6-4-5-11(15,7-12)8-13/h15H,4-8H2,1-3H3. The Hall–Kier alpha value is -0.290. The lowest BCUT2D eigenvalue weighted by Gasteiger charge is -2.38. The van der Waals surface area contributed by atoms with Gasteiger partial charge in [-0.2, -0.15) is 0 Å². The van der Waals surface area contributed by atoms with Gasteiger partial charge in [0.05, 0.1) is 12.1 Å². The maximum Gasteiger partial charge on any atom is 0.410 e. The minimum atomic E-state index is -0.810. The van der Waals surface area contributed by atoms with Gasteiger partial charge in [0, 0.05) is 11.9 Å². The smallest absolute Gasteiger partial charge is 0.410 e. The molecule has 0 radical (unpaired) electrons. The van der Waals surface area contributed by atoms with E-state index in [-0.39, 0.29) is 6.09 Å². The first-order valence-corrected chi connectivity index (χ1v) is 6.64. The summed E-state index contributed by atoms with van der Waals surface area (Å²) in [6.45, 7) is 6.51. The van der Waals surface area contributed by atoms with Gasteiger partial charge in [-0.15, -0.1) is 0 Å². The van der Waals surface area contributed by atoms with Crippen molar-refractivity contribution in [2.24, 2.45) is 0 Å². The molecule has 1 heterocycles. The fourth-order valence-corrected chi connectivity index (χ4v) is 2.16. The third-order valence-corrected chi connectivity index (χ3v) is 3.50. The number of β-amino-alcohol motifs (C(OH)–C–C–N with tert-alkyl or cyclic N) is 1. The van der Waals surface area contributed by atoms with Gasteiger partial charge in [-0.3, -0.25) is 0 Å². The van der Waals surface area contributed by atoms with Crippen LogP contribution in [0.25, 0.3) is 0 Å². The zero-order valence-corrected chi connectivity index (χ0v) is 11.7. The molecule has 0 bridgehead atoms. The van der Waals surface area contributed by atoms with Crippen molar-refractivity contribution in [1.29, 1.82) is 0 Å². The molecule has 5 heteroatoms. The Bertz CT molecular complexity index is 264. The van der Waals surface area contributed by atoms with Crippen LogP contribution in [0.15, 0.2) is 0 Å². The Labute approximate surface area is 105 Å². The number of carbonyl (C=O) groups is 1. The van der Waals surface area contributed by atoms with Crippen molar-refractivity contribution >= 4 is 22.0 Å². The molecule has 0 saturated carbocycles. The van der Waals surface area contributed by atoms with E-state index in [4.69, 9.17) is 4.74 Å². The first-order chi connectivity index (χ1) is 7.26. The third-order valence-electron chi connectivity index (χ3n) is 2.46. The Balaban J connectivity index is 2.57. The maximum atomic E-state index is 11.8. The molecule has 0 aromatic carbocycles. The number of ether oxygens (including phenoxy) is 1. The van der Waals surface area contributed by atoms with Gasteiger partial charge in [0.25, 0.3) is 0 Å². The zero-order valence-electron chi connectivity index (χ0n) is 10.1. The van der Waals surface area contributed by atoms with Crippen LogP contribution in [0.3, 0.4) is 0 Å². The number of amides is 1. The molecule has 1 unspecified atom stereocenters. The van der Waals surface area contributed by atoms with Crippen molar-refractivity contribution in [3.8, 4) is 0 Å². The topological polar surface area (TPSA) is 49.8 Å². The summed E-state index contributed by atoms with van der Waals surface area (Å²) in [5.74, 6) is 0. The molecule has 0 aromatic heterocycles. The molecule has 0 spiro atoms. The monoisotopic (exact) mass is 293 g/mol. The molecule has 94 valence electrons. The summed E-state index contributed by atoms with van der Waals surface area (Å²) in [4.78, 5) is 13.4. The van der Waals surface area contributed by atoms with Crippen molar-refractivity contribution in [1.82, 2.24) is 4.90 Å². The van der Waals surface area contributed by atoms with Crippen molar-refractivity contribution in [3.05, 3.63) is 0 Å². The minimum absolute atomic E-state index is 0.340. The first-order valence-electron chi connectivity index (χ1n) is 5.52. The number of hydrogen-bond acceptors (Lipinski definition) is 3. The Morgan fingerprint density at radius 3 is 2.69 bits per heavy atom.